The molecule has 0 aromatic carbocycles. The van der Waals surface area contributed by atoms with Crippen molar-refractivity contribution in [2.45, 2.75) is 32.5 Å². The van der Waals surface area contributed by atoms with Crippen molar-refractivity contribution < 1.29 is 0 Å². The molecule has 0 N–H and O–H groups in total. The van der Waals surface area contributed by atoms with Crippen LogP contribution in [-0.2, 0) is 0 Å². The van der Waals surface area contributed by atoms with Crippen molar-refractivity contribution in [2.75, 3.05) is 0 Å². The van der Waals surface area contributed by atoms with E-state index in [0.29, 0.717) is 0 Å². The van der Waals surface area contributed by atoms with Gasteiger partial charge in [0.15, 0.2) is 0 Å². The van der Waals surface area contributed by atoms with Gasteiger partial charge in [0.25, 0.3) is 0 Å². The van der Waals surface area contributed by atoms with E-state index in [1.165, 1.54) is 22.1 Å². The lowest BCUT2D eigenvalue weighted by Crippen LogP contribution is -1.97. The molecule has 100 valence electrons. The molecule has 2 aromatic heterocycles. The van der Waals surface area contributed by atoms with Gasteiger partial charge in [-0.2, -0.15) is 0 Å². The van der Waals surface area contributed by atoms with Crippen LogP contribution in [-0.4, -0.2) is 4.98 Å². The molecule has 2 aromatic rings. The van der Waals surface area contributed by atoms with Crippen molar-refractivity contribution in [3.8, 4) is 0 Å². The zero-order valence-corrected chi connectivity index (χ0v) is 14.1. The maximum atomic E-state index is 4.84. The number of hydrogen-bond acceptors (Lipinski definition) is 2. The lowest BCUT2D eigenvalue weighted by molar-refractivity contribution is 1.04. The zero-order valence-electron chi connectivity index (χ0n) is 11.7. The highest BCUT2D eigenvalue weighted by atomic mass is 79.9. The standard InChI is InChI=1S/C16H18BrNS/c1-5-7-12(6-2)14-8-13-10(3)9-19-16(13)18-15(14)11(4)17/h5-9,11H,1-4H3/b7-5-,12-6+. The lowest BCUT2D eigenvalue weighted by atomic mass is 10.00. The number of hydrogen-bond donors (Lipinski definition) is 0. The first kappa shape index (κ1) is 14.5. The summed E-state index contributed by atoms with van der Waals surface area (Å²) in [5.74, 6) is 0. The predicted octanol–water partition coefficient (Wildman–Crippen LogP) is 6.04. The van der Waals surface area contributed by atoms with Crippen LogP contribution >= 0.6 is 27.3 Å². The minimum atomic E-state index is 0.245. The first-order valence-electron chi connectivity index (χ1n) is 6.40. The molecule has 3 heteroatoms. The molecule has 0 spiro atoms. The summed E-state index contributed by atoms with van der Waals surface area (Å²) in [7, 11) is 0. The third-order valence-corrected chi connectivity index (χ3v) is 4.57. The Morgan fingerprint density at radius 3 is 2.74 bits per heavy atom. The molecule has 2 rings (SSSR count). The minimum Gasteiger partial charge on any atom is -0.240 e. The normalized spacial score (nSPS) is 14.5. The summed E-state index contributed by atoms with van der Waals surface area (Å²) in [5, 5.41) is 3.44. The van der Waals surface area contributed by atoms with E-state index in [0.717, 1.165) is 10.5 Å². The Bertz CT molecular complexity index is 650. The van der Waals surface area contributed by atoms with Gasteiger partial charge in [-0.3, -0.25) is 0 Å². The van der Waals surface area contributed by atoms with Gasteiger partial charge in [0.1, 0.15) is 4.83 Å². The van der Waals surface area contributed by atoms with Crippen molar-refractivity contribution in [1.29, 1.82) is 0 Å². The van der Waals surface area contributed by atoms with Gasteiger partial charge in [0.05, 0.1) is 10.5 Å². The first-order valence-corrected chi connectivity index (χ1v) is 8.20. The van der Waals surface area contributed by atoms with Crippen molar-refractivity contribution >= 4 is 43.1 Å². The van der Waals surface area contributed by atoms with E-state index in [9.17, 15) is 0 Å². The largest absolute Gasteiger partial charge is 0.240 e. The molecule has 1 unspecified atom stereocenters. The number of nitrogens with zero attached hydrogens (tertiary/aromatic N) is 1. The zero-order chi connectivity index (χ0) is 14.0. The molecule has 2 heterocycles. The predicted molar refractivity (Wildman–Crippen MR) is 90.2 cm³/mol. The second-order valence-electron chi connectivity index (χ2n) is 4.55. The smallest absolute Gasteiger partial charge is 0.123 e. The second-order valence-corrected chi connectivity index (χ2v) is 6.78. The Morgan fingerprint density at radius 2 is 2.16 bits per heavy atom. The molecule has 0 aliphatic heterocycles. The van der Waals surface area contributed by atoms with Gasteiger partial charge in [-0.1, -0.05) is 34.2 Å². The highest BCUT2D eigenvalue weighted by molar-refractivity contribution is 9.09. The van der Waals surface area contributed by atoms with E-state index >= 15 is 0 Å². The fraction of sp³-hybridized carbons (Fsp3) is 0.312. The van der Waals surface area contributed by atoms with Crippen molar-refractivity contribution in [3.63, 3.8) is 0 Å². The average Bonchev–Trinajstić information content (AvgIpc) is 2.76. The summed E-state index contributed by atoms with van der Waals surface area (Å²) in [6.07, 6.45) is 6.36. The molecular weight excluding hydrogens is 318 g/mol. The van der Waals surface area contributed by atoms with Crippen LogP contribution in [0.15, 0.2) is 29.7 Å². The highest BCUT2D eigenvalue weighted by Gasteiger charge is 2.15. The van der Waals surface area contributed by atoms with Crippen LogP contribution < -0.4 is 0 Å². The number of alkyl halides is 1. The number of halogens is 1. The van der Waals surface area contributed by atoms with E-state index in [4.69, 9.17) is 4.98 Å². The van der Waals surface area contributed by atoms with Gasteiger partial charge in [0.2, 0.25) is 0 Å². The Balaban J connectivity index is 2.75. The Hall–Kier alpha value is -0.930. The molecule has 0 radical (unpaired) electrons. The number of allylic oxidation sites excluding steroid dienone is 4. The summed E-state index contributed by atoms with van der Waals surface area (Å²) in [6.45, 7) is 8.39. The first-order chi connectivity index (χ1) is 9.08. The van der Waals surface area contributed by atoms with E-state index < -0.39 is 0 Å². The summed E-state index contributed by atoms with van der Waals surface area (Å²) in [5.41, 5.74) is 4.86. The SMILES string of the molecule is C/C=C\C(=C/C)c1cc2c(C)csc2nc1C(C)Br. The number of thiophene rings is 1. The van der Waals surface area contributed by atoms with Crippen LogP contribution in [0.25, 0.3) is 15.8 Å². The monoisotopic (exact) mass is 335 g/mol. The van der Waals surface area contributed by atoms with Gasteiger partial charge in [0, 0.05) is 10.9 Å². The molecule has 0 fully saturated rings. The van der Waals surface area contributed by atoms with E-state index in [-0.39, 0.29) is 4.83 Å². The molecule has 1 nitrogen and oxygen atoms in total. The Labute approximate surface area is 127 Å². The molecule has 0 amide bonds. The van der Waals surface area contributed by atoms with Gasteiger partial charge >= 0.3 is 0 Å². The van der Waals surface area contributed by atoms with Crippen LogP contribution in [0.3, 0.4) is 0 Å². The maximum absolute atomic E-state index is 4.84. The summed E-state index contributed by atoms with van der Waals surface area (Å²) >= 11 is 5.38. The van der Waals surface area contributed by atoms with E-state index in [1.54, 1.807) is 11.3 Å². The molecular formula is C16H18BrNS. The Morgan fingerprint density at radius 1 is 1.42 bits per heavy atom. The molecule has 0 saturated carbocycles. The second kappa shape index (κ2) is 6.02. The maximum Gasteiger partial charge on any atom is 0.123 e. The van der Waals surface area contributed by atoms with Gasteiger partial charge < -0.3 is 0 Å². The van der Waals surface area contributed by atoms with E-state index in [1.807, 2.05) is 6.92 Å². The van der Waals surface area contributed by atoms with Crippen LogP contribution in [0.1, 0.15) is 42.4 Å². The lowest BCUT2D eigenvalue weighted by Gasteiger charge is -2.12. The Kier molecular flexibility index (Phi) is 4.58. The van der Waals surface area contributed by atoms with E-state index in [2.05, 4.69) is 66.4 Å². The minimum absolute atomic E-state index is 0.245. The summed E-state index contributed by atoms with van der Waals surface area (Å²) < 4.78 is 0. The summed E-state index contributed by atoms with van der Waals surface area (Å²) in [6, 6.07) is 2.27. The molecule has 19 heavy (non-hydrogen) atoms. The fourth-order valence-electron chi connectivity index (χ4n) is 2.15. The van der Waals surface area contributed by atoms with Crippen molar-refractivity contribution in [3.05, 3.63) is 46.5 Å². The fourth-order valence-corrected chi connectivity index (χ4v) is 3.41. The third kappa shape index (κ3) is 2.82. The van der Waals surface area contributed by atoms with Gasteiger partial charge in [-0.15, -0.1) is 11.3 Å². The van der Waals surface area contributed by atoms with Gasteiger partial charge in [-0.05, 0) is 50.3 Å². The van der Waals surface area contributed by atoms with Crippen LogP contribution in [0.5, 0.6) is 0 Å². The van der Waals surface area contributed by atoms with Crippen LogP contribution in [0.2, 0.25) is 0 Å². The highest BCUT2D eigenvalue weighted by Crippen LogP contribution is 2.34. The quantitative estimate of drug-likeness (QED) is 0.492. The van der Waals surface area contributed by atoms with Crippen LogP contribution in [0.4, 0.5) is 0 Å². The number of aromatic nitrogens is 1. The van der Waals surface area contributed by atoms with Crippen LogP contribution in [0, 0.1) is 6.92 Å². The average molecular weight is 336 g/mol. The van der Waals surface area contributed by atoms with Crippen molar-refractivity contribution in [2.24, 2.45) is 0 Å². The van der Waals surface area contributed by atoms with Crippen molar-refractivity contribution in [1.82, 2.24) is 4.98 Å². The topological polar surface area (TPSA) is 12.9 Å². The summed E-state index contributed by atoms with van der Waals surface area (Å²) in [4.78, 5) is 6.21. The molecule has 1 atom stereocenters. The number of aryl methyl sites for hydroxylation is 1. The number of rotatable bonds is 3. The molecule has 0 bridgehead atoms. The number of fused-ring (bicyclic) bond motifs is 1. The molecule has 0 aliphatic rings. The number of pyridine rings is 1. The third-order valence-electron chi connectivity index (χ3n) is 3.13. The molecule has 0 aliphatic carbocycles. The molecule has 0 saturated heterocycles. The van der Waals surface area contributed by atoms with Gasteiger partial charge in [-0.25, -0.2) is 4.98 Å².